The van der Waals surface area contributed by atoms with Gasteiger partial charge in [-0.05, 0) is 19.1 Å². The number of ether oxygens (including phenoxy) is 3. The Morgan fingerprint density at radius 1 is 1.25 bits per heavy atom. The van der Waals surface area contributed by atoms with Gasteiger partial charge in [0.15, 0.2) is 0 Å². The maximum absolute atomic E-state index is 11.5. The van der Waals surface area contributed by atoms with Gasteiger partial charge in [0.1, 0.15) is 16.5 Å². The van der Waals surface area contributed by atoms with Gasteiger partial charge in [-0.3, -0.25) is 0 Å². The first-order valence-corrected chi connectivity index (χ1v) is 5.10. The topological polar surface area (TPSA) is 44.8 Å². The lowest BCUT2D eigenvalue weighted by Gasteiger charge is -2.10. The number of carbonyl (C=O) groups excluding carboxylic acids is 1. The van der Waals surface area contributed by atoms with Crippen molar-refractivity contribution in [1.82, 2.24) is 0 Å². The van der Waals surface area contributed by atoms with Crippen LogP contribution in [-0.2, 0) is 4.74 Å². The van der Waals surface area contributed by atoms with E-state index in [-0.39, 0.29) is 0 Å². The molecule has 5 heteroatoms. The number of carbonyl (C=O) groups is 1. The van der Waals surface area contributed by atoms with E-state index in [4.69, 9.17) is 25.8 Å². The molecule has 0 heterocycles. The SMILES string of the molecule is CCOC(=O)c1cc(OC)c(Cl)c(OC)c1. The molecule has 4 nitrogen and oxygen atoms in total. The molecule has 0 aliphatic heterocycles. The molecule has 0 aromatic heterocycles. The number of esters is 1. The van der Waals surface area contributed by atoms with Crippen molar-refractivity contribution in [2.24, 2.45) is 0 Å². The van der Waals surface area contributed by atoms with Crippen molar-refractivity contribution in [3.63, 3.8) is 0 Å². The number of methoxy groups -OCH3 is 2. The number of benzene rings is 1. The molecule has 88 valence electrons. The summed E-state index contributed by atoms with van der Waals surface area (Å²) in [6.45, 7) is 2.05. The molecule has 0 radical (unpaired) electrons. The highest BCUT2D eigenvalue weighted by molar-refractivity contribution is 6.33. The summed E-state index contributed by atoms with van der Waals surface area (Å²) in [4.78, 5) is 11.5. The average Bonchev–Trinajstić information content (AvgIpc) is 2.29. The van der Waals surface area contributed by atoms with Crippen LogP contribution in [0.5, 0.6) is 11.5 Å². The molecule has 1 aromatic carbocycles. The predicted molar refractivity (Wildman–Crippen MR) is 60.5 cm³/mol. The smallest absolute Gasteiger partial charge is 0.338 e. The Morgan fingerprint density at radius 3 is 2.12 bits per heavy atom. The summed E-state index contributed by atoms with van der Waals surface area (Å²) in [6.07, 6.45) is 0. The standard InChI is InChI=1S/C11H13ClO4/c1-4-16-11(13)7-5-8(14-2)10(12)9(6-7)15-3/h5-6H,4H2,1-3H3. The van der Waals surface area contributed by atoms with Gasteiger partial charge in [0.2, 0.25) is 0 Å². The summed E-state index contributed by atoms with van der Waals surface area (Å²) in [5.74, 6) is 0.323. The number of rotatable bonds is 4. The first kappa shape index (κ1) is 12.6. The second kappa shape index (κ2) is 5.61. The second-order valence-electron chi connectivity index (χ2n) is 2.92. The first-order valence-electron chi connectivity index (χ1n) is 4.72. The van der Waals surface area contributed by atoms with Crippen LogP contribution in [0.3, 0.4) is 0 Å². The molecule has 0 aliphatic carbocycles. The summed E-state index contributed by atoms with van der Waals surface area (Å²) in [5.41, 5.74) is 0.347. The van der Waals surface area contributed by atoms with Gasteiger partial charge >= 0.3 is 5.97 Å². The van der Waals surface area contributed by atoms with E-state index in [2.05, 4.69) is 0 Å². The Bertz CT molecular complexity index is 365. The summed E-state index contributed by atoms with van der Waals surface area (Å²) in [7, 11) is 2.94. The summed E-state index contributed by atoms with van der Waals surface area (Å²) in [6, 6.07) is 3.03. The van der Waals surface area contributed by atoms with Crippen molar-refractivity contribution in [1.29, 1.82) is 0 Å². The number of hydrogen-bond donors (Lipinski definition) is 0. The van der Waals surface area contributed by atoms with E-state index < -0.39 is 5.97 Å². The molecule has 0 saturated heterocycles. The minimum Gasteiger partial charge on any atom is -0.495 e. The van der Waals surface area contributed by atoms with Crippen LogP contribution in [0.2, 0.25) is 5.02 Å². The Hall–Kier alpha value is -1.42. The highest BCUT2D eigenvalue weighted by Crippen LogP contribution is 2.35. The molecule has 0 aliphatic rings. The zero-order valence-corrected chi connectivity index (χ0v) is 10.1. The molecule has 0 fully saturated rings. The molecule has 0 N–H and O–H groups in total. The fraction of sp³-hybridized carbons (Fsp3) is 0.364. The summed E-state index contributed by atoms with van der Waals surface area (Å²) < 4.78 is 14.9. The van der Waals surface area contributed by atoms with E-state index in [1.165, 1.54) is 26.4 Å². The molecule has 0 spiro atoms. The molecule has 0 atom stereocenters. The maximum Gasteiger partial charge on any atom is 0.338 e. The maximum atomic E-state index is 11.5. The van der Waals surface area contributed by atoms with E-state index in [1.54, 1.807) is 6.92 Å². The highest BCUT2D eigenvalue weighted by atomic mass is 35.5. The van der Waals surface area contributed by atoms with Crippen molar-refractivity contribution in [2.45, 2.75) is 6.92 Å². The second-order valence-corrected chi connectivity index (χ2v) is 3.29. The highest BCUT2D eigenvalue weighted by Gasteiger charge is 2.15. The zero-order chi connectivity index (χ0) is 12.1. The van der Waals surface area contributed by atoms with Gasteiger partial charge < -0.3 is 14.2 Å². The van der Waals surface area contributed by atoms with Crippen LogP contribution in [0.15, 0.2) is 12.1 Å². The molecule has 1 aromatic rings. The van der Waals surface area contributed by atoms with Crippen LogP contribution >= 0.6 is 11.6 Å². The fourth-order valence-corrected chi connectivity index (χ4v) is 1.47. The lowest BCUT2D eigenvalue weighted by Crippen LogP contribution is -2.05. The van der Waals surface area contributed by atoms with E-state index in [9.17, 15) is 4.79 Å². The van der Waals surface area contributed by atoms with Crippen molar-refractivity contribution >= 4 is 17.6 Å². The van der Waals surface area contributed by atoms with Crippen molar-refractivity contribution < 1.29 is 19.0 Å². The quantitative estimate of drug-likeness (QED) is 0.764. The van der Waals surface area contributed by atoms with Crippen molar-refractivity contribution in [3.05, 3.63) is 22.7 Å². The Morgan fingerprint density at radius 2 is 1.75 bits per heavy atom. The van der Waals surface area contributed by atoms with Gasteiger partial charge in [0.05, 0.1) is 26.4 Å². The van der Waals surface area contributed by atoms with Gasteiger partial charge in [0.25, 0.3) is 0 Å². The molecule has 1 rings (SSSR count). The lowest BCUT2D eigenvalue weighted by atomic mass is 10.2. The molecular weight excluding hydrogens is 232 g/mol. The Kier molecular flexibility index (Phi) is 4.43. The van der Waals surface area contributed by atoms with E-state index in [0.29, 0.717) is 28.7 Å². The van der Waals surface area contributed by atoms with Crippen molar-refractivity contribution in [3.8, 4) is 11.5 Å². The Labute approximate surface area is 99.1 Å². The van der Waals surface area contributed by atoms with Crippen LogP contribution in [0.1, 0.15) is 17.3 Å². The third kappa shape index (κ3) is 2.58. The third-order valence-electron chi connectivity index (χ3n) is 1.96. The lowest BCUT2D eigenvalue weighted by molar-refractivity contribution is 0.0525. The van der Waals surface area contributed by atoms with E-state index in [0.717, 1.165) is 0 Å². The summed E-state index contributed by atoms with van der Waals surface area (Å²) >= 11 is 5.96. The average molecular weight is 245 g/mol. The van der Waals surface area contributed by atoms with Crippen LogP contribution in [-0.4, -0.2) is 26.8 Å². The monoisotopic (exact) mass is 244 g/mol. The van der Waals surface area contributed by atoms with E-state index >= 15 is 0 Å². The minimum absolute atomic E-state index is 0.312. The number of hydrogen-bond acceptors (Lipinski definition) is 4. The van der Waals surface area contributed by atoms with Crippen LogP contribution < -0.4 is 9.47 Å². The summed E-state index contributed by atoms with van der Waals surface area (Å²) in [5, 5.41) is 0.332. The number of halogens is 1. The zero-order valence-electron chi connectivity index (χ0n) is 9.37. The van der Waals surface area contributed by atoms with Gasteiger partial charge in [-0.1, -0.05) is 11.6 Å². The van der Waals surface area contributed by atoms with Gasteiger partial charge in [-0.2, -0.15) is 0 Å². The minimum atomic E-state index is -0.434. The van der Waals surface area contributed by atoms with Gasteiger partial charge in [-0.25, -0.2) is 4.79 Å². The van der Waals surface area contributed by atoms with Gasteiger partial charge in [0, 0.05) is 0 Å². The third-order valence-corrected chi connectivity index (χ3v) is 2.33. The fourth-order valence-electron chi connectivity index (χ4n) is 1.20. The molecular formula is C11H13ClO4. The first-order chi connectivity index (χ1) is 7.63. The molecule has 16 heavy (non-hydrogen) atoms. The molecule has 0 bridgehead atoms. The van der Waals surface area contributed by atoms with Crippen LogP contribution in [0.4, 0.5) is 0 Å². The molecule has 0 unspecified atom stereocenters. The Balaban J connectivity index is 3.16. The largest absolute Gasteiger partial charge is 0.495 e. The van der Waals surface area contributed by atoms with Crippen LogP contribution in [0, 0.1) is 0 Å². The normalized spacial score (nSPS) is 9.75. The van der Waals surface area contributed by atoms with E-state index in [1.807, 2.05) is 0 Å². The predicted octanol–water partition coefficient (Wildman–Crippen LogP) is 2.53. The molecule has 0 saturated carbocycles. The van der Waals surface area contributed by atoms with Crippen molar-refractivity contribution in [2.75, 3.05) is 20.8 Å². The molecule has 0 amide bonds. The van der Waals surface area contributed by atoms with Crippen LogP contribution in [0.25, 0.3) is 0 Å². The van der Waals surface area contributed by atoms with Gasteiger partial charge in [-0.15, -0.1) is 0 Å².